The van der Waals surface area contributed by atoms with Crippen LogP contribution in [0.3, 0.4) is 0 Å². The van der Waals surface area contributed by atoms with Crippen LogP contribution in [-0.4, -0.2) is 127 Å². The van der Waals surface area contributed by atoms with E-state index in [9.17, 15) is 19.2 Å². The Bertz CT molecular complexity index is 2790. The summed E-state index contributed by atoms with van der Waals surface area (Å²) >= 11 is 0. The van der Waals surface area contributed by atoms with E-state index in [1.54, 1.807) is 12.3 Å². The lowest BCUT2D eigenvalue weighted by Gasteiger charge is -2.48. The van der Waals surface area contributed by atoms with Crippen LogP contribution in [-0.2, 0) is 29.4 Å². The number of nitrogens with zero attached hydrogens (tertiary/aromatic N) is 8. The summed E-state index contributed by atoms with van der Waals surface area (Å²) in [5, 5.41) is 6.11. The molecule has 2 N–H and O–H groups in total. The number of pyridine rings is 2. The number of fused-ring (bicyclic) bond motifs is 3. The highest BCUT2D eigenvalue weighted by molar-refractivity contribution is 6.09. The number of amides is 5. The van der Waals surface area contributed by atoms with E-state index in [0.29, 0.717) is 82.7 Å². The third-order valence-corrected chi connectivity index (χ3v) is 18.4. The number of rotatable bonds is 11. The van der Waals surface area contributed by atoms with Gasteiger partial charge in [-0.3, -0.25) is 29.3 Å². The summed E-state index contributed by atoms with van der Waals surface area (Å²) in [6.45, 7) is 10.9. The molecule has 3 aliphatic carbocycles. The molecule has 5 amide bonds. The summed E-state index contributed by atoms with van der Waals surface area (Å²) < 4.78 is 8.42. The highest BCUT2D eigenvalue weighted by Crippen LogP contribution is 2.53. The third kappa shape index (κ3) is 8.96. The molecule has 4 aromatic rings. The van der Waals surface area contributed by atoms with Gasteiger partial charge in [-0.05, 0) is 147 Å². The highest BCUT2D eigenvalue weighted by Gasteiger charge is 2.56. The number of piperidine rings is 4. The Labute approximate surface area is 428 Å². The first-order valence-electron chi connectivity index (χ1n) is 27.8. The molecule has 386 valence electrons. The van der Waals surface area contributed by atoms with Crippen LogP contribution in [0.5, 0.6) is 5.88 Å². The van der Waals surface area contributed by atoms with Crippen molar-refractivity contribution in [1.82, 2.24) is 39.5 Å². The van der Waals surface area contributed by atoms with E-state index in [4.69, 9.17) is 14.7 Å². The van der Waals surface area contributed by atoms with Gasteiger partial charge in [0.15, 0.2) is 5.82 Å². The minimum atomic E-state index is -0.688. The first-order valence-corrected chi connectivity index (χ1v) is 27.8. The number of imide groups is 1. The molecule has 16 nitrogen and oxygen atoms in total. The molecular formula is C57H72N10O6. The monoisotopic (exact) mass is 993 g/mol. The lowest BCUT2D eigenvalue weighted by Crippen LogP contribution is -2.59. The average molecular weight is 993 g/mol. The van der Waals surface area contributed by atoms with Crippen LogP contribution >= 0.6 is 0 Å². The number of benzene rings is 1. The second-order valence-electron chi connectivity index (χ2n) is 23.5. The van der Waals surface area contributed by atoms with Crippen molar-refractivity contribution in [3.8, 4) is 17.1 Å². The minimum Gasteiger partial charge on any atom is -0.474 e. The number of carbonyl (C=O) groups excluding carboxylic acids is 5. The SMILES string of the molecule is CC(C)n1cnc2cc(-c3ccc4c(c3)N(C3CC(N5CCCCC5)C3)C(=O)C43CCN(C(=O)C4(C)CCN(C(=O)C5CCC(Oc6ccc([C@H]7CCC(=O)NC7=O)cn6)CC5)CC4)CC3)nc(NC3CC3)c21. The van der Waals surface area contributed by atoms with E-state index in [0.717, 1.165) is 109 Å². The standard InChI is InChI=1S/C57H72N10O6/c1-35(2)66-34-59-46-32-45(61-51(50(46)66)60-39-11-12-39)37-9-16-44-47(29-37)67(41-30-40(31-41)63-23-5-4-6-24-63)55(72)57(44)21-27-65(28-22-57)54(71)56(3)19-25-64(26-20-56)53(70)36-7-13-42(14-8-36)73-49-18-10-38(33-58-49)43-15-17-48(68)62-52(43)69/h9-10,16,18,29,32-36,39-43H,4-8,11-15,17,19-28,30-31H2,1-3H3,(H,60,61)(H,62,68,69)/t36?,40?,41?,42?,43-/m1/s1. The van der Waals surface area contributed by atoms with Crippen LogP contribution in [0.1, 0.15) is 153 Å². The molecule has 1 spiro atoms. The zero-order valence-corrected chi connectivity index (χ0v) is 43.0. The molecule has 16 heteroatoms. The molecule has 73 heavy (non-hydrogen) atoms. The highest BCUT2D eigenvalue weighted by atomic mass is 16.5. The van der Waals surface area contributed by atoms with Gasteiger partial charge >= 0.3 is 0 Å². The van der Waals surface area contributed by atoms with Gasteiger partial charge in [-0.1, -0.05) is 31.5 Å². The van der Waals surface area contributed by atoms with Crippen molar-refractivity contribution in [3.63, 3.8) is 0 Å². The van der Waals surface area contributed by atoms with E-state index in [1.807, 2.05) is 22.2 Å². The molecule has 5 aliphatic heterocycles. The van der Waals surface area contributed by atoms with Gasteiger partial charge in [-0.25, -0.2) is 15.0 Å². The zero-order valence-electron chi connectivity index (χ0n) is 43.0. The van der Waals surface area contributed by atoms with Crippen LogP contribution in [0, 0.1) is 11.3 Å². The Morgan fingerprint density at radius 1 is 0.808 bits per heavy atom. The van der Waals surface area contributed by atoms with Crippen molar-refractivity contribution < 1.29 is 28.7 Å². The Morgan fingerprint density at radius 3 is 2.23 bits per heavy atom. The Kier molecular flexibility index (Phi) is 12.6. The van der Waals surface area contributed by atoms with Gasteiger partial charge in [-0.15, -0.1) is 0 Å². The largest absolute Gasteiger partial charge is 0.474 e. The Hall–Kier alpha value is -5.90. The molecule has 8 heterocycles. The molecule has 1 atom stereocenters. The minimum absolute atomic E-state index is 0.0468. The predicted octanol–water partition coefficient (Wildman–Crippen LogP) is 7.66. The molecule has 8 aliphatic rings. The van der Waals surface area contributed by atoms with Gasteiger partial charge in [-0.2, -0.15) is 0 Å². The van der Waals surface area contributed by atoms with Crippen LogP contribution in [0.2, 0.25) is 0 Å². The normalized spacial score (nSPS) is 27.3. The lowest BCUT2D eigenvalue weighted by atomic mass is 9.72. The van der Waals surface area contributed by atoms with Crippen molar-refractivity contribution >= 4 is 52.1 Å². The topological polar surface area (TPSA) is 175 Å². The van der Waals surface area contributed by atoms with Gasteiger partial charge in [0.05, 0.1) is 28.9 Å². The van der Waals surface area contributed by atoms with Crippen LogP contribution in [0.25, 0.3) is 22.3 Å². The maximum absolute atomic E-state index is 15.3. The number of anilines is 2. The van der Waals surface area contributed by atoms with E-state index < -0.39 is 10.8 Å². The maximum atomic E-state index is 15.3. The number of hydrogen-bond donors (Lipinski definition) is 2. The number of likely N-dealkylation sites (tertiary alicyclic amines) is 3. The molecule has 7 fully saturated rings. The number of ether oxygens (including phenoxy) is 1. The first kappa shape index (κ1) is 48.1. The van der Waals surface area contributed by atoms with Crippen LogP contribution in [0.15, 0.2) is 48.9 Å². The van der Waals surface area contributed by atoms with Crippen molar-refractivity contribution in [1.29, 1.82) is 0 Å². The van der Waals surface area contributed by atoms with Crippen molar-refractivity contribution in [2.24, 2.45) is 11.3 Å². The van der Waals surface area contributed by atoms with Crippen LogP contribution in [0.4, 0.5) is 11.5 Å². The second-order valence-corrected chi connectivity index (χ2v) is 23.5. The fraction of sp³-hybridized carbons (Fsp3) is 0.614. The zero-order chi connectivity index (χ0) is 50.2. The van der Waals surface area contributed by atoms with Crippen LogP contribution < -0.4 is 20.3 Å². The summed E-state index contributed by atoms with van der Waals surface area (Å²) in [4.78, 5) is 91.1. The van der Waals surface area contributed by atoms with Gasteiger partial charge < -0.3 is 34.2 Å². The average Bonchev–Trinajstić information content (AvgIpc) is 4.06. The van der Waals surface area contributed by atoms with Crippen molar-refractivity contribution in [2.75, 3.05) is 49.5 Å². The van der Waals surface area contributed by atoms with Crippen molar-refractivity contribution in [2.45, 2.75) is 172 Å². The number of aromatic nitrogens is 4. The molecule has 0 radical (unpaired) electrons. The van der Waals surface area contributed by atoms with Crippen molar-refractivity contribution in [3.05, 3.63) is 60.0 Å². The molecular weight excluding hydrogens is 921 g/mol. The number of hydrogen-bond acceptors (Lipinski definition) is 11. The fourth-order valence-corrected chi connectivity index (χ4v) is 13.5. The Balaban J connectivity index is 0.691. The van der Waals surface area contributed by atoms with Gasteiger partial charge in [0.1, 0.15) is 11.6 Å². The second kappa shape index (κ2) is 19.1. The molecule has 0 bridgehead atoms. The molecule has 0 unspecified atom stereocenters. The molecule has 1 aromatic carbocycles. The summed E-state index contributed by atoms with van der Waals surface area (Å²) in [6.07, 6.45) is 17.7. The van der Waals surface area contributed by atoms with E-state index in [-0.39, 0.29) is 59.6 Å². The number of imidazole rings is 1. The van der Waals surface area contributed by atoms with E-state index >= 15 is 4.79 Å². The fourth-order valence-electron chi connectivity index (χ4n) is 13.5. The Morgan fingerprint density at radius 2 is 1.55 bits per heavy atom. The van der Waals surface area contributed by atoms with E-state index in [2.05, 4.69) is 75.0 Å². The molecule has 4 saturated heterocycles. The smallest absolute Gasteiger partial charge is 0.238 e. The van der Waals surface area contributed by atoms with Gasteiger partial charge in [0, 0.05) is 91.6 Å². The predicted molar refractivity (Wildman–Crippen MR) is 277 cm³/mol. The lowest BCUT2D eigenvalue weighted by molar-refractivity contribution is -0.150. The number of carbonyl (C=O) groups is 5. The summed E-state index contributed by atoms with van der Waals surface area (Å²) in [5.74, 6) is 0.887. The first-order chi connectivity index (χ1) is 35.3. The molecule has 12 rings (SSSR count). The quantitative estimate of drug-likeness (QED) is 0.141. The number of nitrogens with one attached hydrogen (secondary N) is 2. The summed E-state index contributed by atoms with van der Waals surface area (Å²) in [5.41, 5.74) is 5.39. The molecule has 3 saturated carbocycles. The van der Waals surface area contributed by atoms with E-state index in [1.165, 1.54) is 19.3 Å². The summed E-state index contributed by atoms with van der Waals surface area (Å²) in [7, 11) is 0. The summed E-state index contributed by atoms with van der Waals surface area (Å²) in [6, 6.07) is 13.6. The maximum Gasteiger partial charge on any atom is 0.238 e. The van der Waals surface area contributed by atoms with Gasteiger partial charge in [0.2, 0.25) is 35.4 Å². The van der Waals surface area contributed by atoms with Gasteiger partial charge in [0.25, 0.3) is 0 Å². The third-order valence-electron chi connectivity index (χ3n) is 18.4. The molecule has 3 aromatic heterocycles.